The Morgan fingerprint density at radius 1 is 1.40 bits per heavy atom. The minimum Gasteiger partial charge on any atom is -0.461 e. The van der Waals surface area contributed by atoms with Crippen LogP contribution < -0.4 is 0 Å². The zero-order valence-corrected chi connectivity index (χ0v) is 13.4. The maximum atomic E-state index is 12.2. The Labute approximate surface area is 123 Å². The summed E-state index contributed by atoms with van der Waals surface area (Å²) in [5.41, 5.74) is 1.37. The van der Waals surface area contributed by atoms with Gasteiger partial charge in [-0.1, -0.05) is 52.8 Å². The lowest BCUT2D eigenvalue weighted by molar-refractivity contribution is -0.158. The van der Waals surface area contributed by atoms with Crippen LogP contribution in [0.3, 0.4) is 0 Å². The van der Waals surface area contributed by atoms with Gasteiger partial charge in [0.25, 0.3) is 0 Å². The molecule has 20 heavy (non-hydrogen) atoms. The number of hydrogen-bond donors (Lipinski definition) is 0. The number of carbonyl (C=O) groups excluding carboxylic acids is 1. The van der Waals surface area contributed by atoms with E-state index >= 15 is 0 Å². The first-order chi connectivity index (χ1) is 9.43. The van der Waals surface area contributed by atoms with Crippen LogP contribution in [-0.2, 0) is 9.53 Å². The Morgan fingerprint density at radius 2 is 2.10 bits per heavy atom. The Hall–Kier alpha value is -1.05. The van der Waals surface area contributed by atoms with Crippen LogP contribution in [0.1, 0.15) is 47.5 Å². The minimum atomic E-state index is -0.0274. The Kier molecular flexibility index (Phi) is 4.72. The van der Waals surface area contributed by atoms with Gasteiger partial charge in [0.05, 0.1) is 5.92 Å². The van der Waals surface area contributed by atoms with Crippen LogP contribution in [0, 0.1) is 29.6 Å². The third-order valence-electron chi connectivity index (χ3n) is 5.14. The van der Waals surface area contributed by atoms with Gasteiger partial charge in [-0.05, 0) is 36.2 Å². The van der Waals surface area contributed by atoms with Crippen molar-refractivity contribution in [3.63, 3.8) is 0 Å². The number of ether oxygens (including phenoxy) is 1. The summed E-state index contributed by atoms with van der Waals surface area (Å²) in [6, 6.07) is 0. The predicted molar refractivity (Wildman–Crippen MR) is 82.2 cm³/mol. The molecule has 0 aromatic carbocycles. The lowest BCUT2D eigenvalue weighted by atomic mass is 9.67. The molecule has 0 aromatic heterocycles. The van der Waals surface area contributed by atoms with Gasteiger partial charge in [-0.15, -0.1) is 0 Å². The van der Waals surface area contributed by atoms with Crippen LogP contribution in [0.5, 0.6) is 0 Å². The molecule has 0 N–H and O–H groups in total. The van der Waals surface area contributed by atoms with Gasteiger partial charge in [-0.25, -0.2) is 0 Å². The standard InChI is InChI=1S/C18H28O2/c1-6-12(3)18(19)20-16-10-11(2)9-15-8-7-13(4)14(5)17(15)16/h7-9,11-14,16-17H,6,10H2,1-5H3/t11-,12+,13-,14+,16+,17?/m1/s1. The van der Waals surface area contributed by atoms with Crippen LogP contribution in [0.2, 0.25) is 0 Å². The largest absolute Gasteiger partial charge is 0.461 e. The maximum absolute atomic E-state index is 12.2. The van der Waals surface area contributed by atoms with E-state index in [1.165, 1.54) is 5.57 Å². The van der Waals surface area contributed by atoms with Gasteiger partial charge < -0.3 is 4.74 Å². The van der Waals surface area contributed by atoms with Crippen molar-refractivity contribution in [2.24, 2.45) is 29.6 Å². The molecule has 2 heteroatoms. The fourth-order valence-electron chi connectivity index (χ4n) is 3.36. The van der Waals surface area contributed by atoms with Gasteiger partial charge in [0.15, 0.2) is 0 Å². The van der Waals surface area contributed by atoms with E-state index in [0.717, 1.165) is 12.8 Å². The summed E-state index contributed by atoms with van der Waals surface area (Å²) >= 11 is 0. The molecule has 2 aliphatic rings. The molecule has 0 heterocycles. The summed E-state index contributed by atoms with van der Waals surface area (Å²) in [7, 11) is 0. The molecule has 1 unspecified atom stereocenters. The molecule has 2 aliphatic carbocycles. The van der Waals surface area contributed by atoms with Crippen molar-refractivity contribution in [3.8, 4) is 0 Å². The summed E-state index contributed by atoms with van der Waals surface area (Å²) in [5.74, 6) is 1.93. The molecule has 0 bridgehead atoms. The first-order valence-corrected chi connectivity index (χ1v) is 8.04. The van der Waals surface area contributed by atoms with E-state index in [2.05, 4.69) is 39.0 Å². The molecule has 0 fully saturated rings. The molecule has 0 saturated heterocycles. The molecule has 112 valence electrons. The number of rotatable bonds is 3. The molecule has 0 saturated carbocycles. The normalized spacial score (nSPS) is 37.9. The summed E-state index contributed by atoms with van der Waals surface area (Å²) in [6.45, 7) is 10.7. The van der Waals surface area contributed by atoms with Crippen LogP contribution in [0.25, 0.3) is 0 Å². The fraction of sp³-hybridized carbons (Fsp3) is 0.722. The number of allylic oxidation sites excluding steroid dienone is 3. The van der Waals surface area contributed by atoms with Gasteiger partial charge in [0.1, 0.15) is 6.10 Å². The van der Waals surface area contributed by atoms with Gasteiger partial charge in [0, 0.05) is 5.92 Å². The van der Waals surface area contributed by atoms with E-state index in [9.17, 15) is 4.79 Å². The van der Waals surface area contributed by atoms with E-state index in [4.69, 9.17) is 4.74 Å². The van der Waals surface area contributed by atoms with Crippen LogP contribution in [0.15, 0.2) is 23.8 Å². The first kappa shape index (κ1) is 15.3. The van der Waals surface area contributed by atoms with Gasteiger partial charge in [-0.3, -0.25) is 4.79 Å². The Balaban J connectivity index is 2.19. The van der Waals surface area contributed by atoms with E-state index in [-0.39, 0.29) is 18.0 Å². The second-order valence-electron chi connectivity index (χ2n) is 6.77. The first-order valence-electron chi connectivity index (χ1n) is 8.04. The highest BCUT2D eigenvalue weighted by atomic mass is 16.5. The summed E-state index contributed by atoms with van der Waals surface area (Å²) in [4.78, 5) is 12.2. The molecular weight excluding hydrogens is 248 g/mol. The summed E-state index contributed by atoms with van der Waals surface area (Å²) < 4.78 is 5.89. The number of carbonyl (C=O) groups is 1. The maximum Gasteiger partial charge on any atom is 0.308 e. The zero-order valence-electron chi connectivity index (χ0n) is 13.4. The third kappa shape index (κ3) is 2.99. The number of hydrogen-bond acceptors (Lipinski definition) is 2. The van der Waals surface area contributed by atoms with Crippen LogP contribution in [-0.4, -0.2) is 12.1 Å². The molecule has 2 rings (SSSR count). The molecule has 0 aromatic rings. The minimum absolute atomic E-state index is 0.00604. The van der Waals surface area contributed by atoms with Crippen LogP contribution in [0.4, 0.5) is 0 Å². The highest BCUT2D eigenvalue weighted by Gasteiger charge is 2.39. The highest BCUT2D eigenvalue weighted by Crippen LogP contribution is 2.42. The quantitative estimate of drug-likeness (QED) is 0.716. The van der Waals surface area contributed by atoms with Crippen molar-refractivity contribution in [3.05, 3.63) is 23.8 Å². The molecule has 0 spiro atoms. The van der Waals surface area contributed by atoms with E-state index in [1.807, 2.05) is 13.8 Å². The lowest BCUT2D eigenvalue weighted by Gasteiger charge is -2.41. The van der Waals surface area contributed by atoms with E-state index in [1.54, 1.807) is 0 Å². The lowest BCUT2D eigenvalue weighted by Crippen LogP contribution is -2.40. The van der Waals surface area contributed by atoms with Crippen molar-refractivity contribution in [1.29, 1.82) is 0 Å². The van der Waals surface area contributed by atoms with E-state index in [0.29, 0.717) is 23.7 Å². The van der Waals surface area contributed by atoms with Crippen molar-refractivity contribution in [1.82, 2.24) is 0 Å². The monoisotopic (exact) mass is 276 g/mol. The molecule has 2 nitrogen and oxygen atoms in total. The molecule has 0 radical (unpaired) electrons. The highest BCUT2D eigenvalue weighted by molar-refractivity contribution is 5.72. The Bertz CT molecular complexity index is 421. The van der Waals surface area contributed by atoms with E-state index < -0.39 is 0 Å². The van der Waals surface area contributed by atoms with Crippen molar-refractivity contribution < 1.29 is 9.53 Å². The smallest absolute Gasteiger partial charge is 0.308 e. The number of esters is 1. The third-order valence-corrected chi connectivity index (χ3v) is 5.14. The SMILES string of the molecule is CC[C@H](C)C(=O)O[C@H]1C[C@H](C)C=C2C=C[C@@H](C)[C@H](C)C21. The zero-order chi connectivity index (χ0) is 14.9. The Morgan fingerprint density at radius 3 is 2.75 bits per heavy atom. The van der Waals surface area contributed by atoms with Crippen molar-refractivity contribution in [2.75, 3.05) is 0 Å². The van der Waals surface area contributed by atoms with Gasteiger partial charge in [0.2, 0.25) is 0 Å². The van der Waals surface area contributed by atoms with Gasteiger partial charge in [-0.2, -0.15) is 0 Å². The van der Waals surface area contributed by atoms with Crippen LogP contribution >= 0.6 is 0 Å². The second kappa shape index (κ2) is 6.15. The molecular formula is C18H28O2. The predicted octanol–water partition coefficient (Wildman–Crippen LogP) is 4.37. The molecule has 0 aliphatic heterocycles. The average Bonchev–Trinajstić information content (AvgIpc) is 2.41. The topological polar surface area (TPSA) is 26.3 Å². The van der Waals surface area contributed by atoms with Gasteiger partial charge >= 0.3 is 5.97 Å². The number of fused-ring (bicyclic) bond motifs is 1. The molecule has 6 atom stereocenters. The van der Waals surface area contributed by atoms with Crippen molar-refractivity contribution in [2.45, 2.75) is 53.6 Å². The second-order valence-corrected chi connectivity index (χ2v) is 6.77. The fourth-order valence-corrected chi connectivity index (χ4v) is 3.36. The van der Waals surface area contributed by atoms with Crippen molar-refractivity contribution >= 4 is 5.97 Å². The average molecular weight is 276 g/mol. The summed E-state index contributed by atoms with van der Waals surface area (Å²) in [5, 5.41) is 0. The summed E-state index contributed by atoms with van der Waals surface area (Å²) in [6.07, 6.45) is 8.75. The molecule has 0 amide bonds.